The Morgan fingerprint density at radius 2 is 1.83 bits per heavy atom. The zero-order valence-corrected chi connectivity index (χ0v) is 17.2. The van der Waals surface area contributed by atoms with Gasteiger partial charge in [-0.1, -0.05) is 12.1 Å². The van der Waals surface area contributed by atoms with Gasteiger partial charge in [0.15, 0.2) is 11.5 Å². The topological polar surface area (TPSA) is 74.6 Å². The monoisotopic (exact) mass is 393 g/mol. The summed E-state index contributed by atoms with van der Waals surface area (Å²) in [4.78, 5) is 14.9. The SMILES string of the molecule is CCOc1cc2c(cc1OCC)CN([C@@H](C)C(=O)Nc1ccccc1C#N)CC2. The maximum Gasteiger partial charge on any atom is 0.241 e. The fourth-order valence-electron chi connectivity index (χ4n) is 3.55. The maximum atomic E-state index is 12.8. The van der Waals surface area contributed by atoms with Crippen molar-refractivity contribution in [2.24, 2.45) is 0 Å². The number of nitrogens with one attached hydrogen (secondary N) is 1. The number of rotatable bonds is 7. The molecule has 6 nitrogen and oxygen atoms in total. The van der Waals surface area contributed by atoms with Gasteiger partial charge < -0.3 is 14.8 Å². The Balaban J connectivity index is 1.74. The normalized spacial score (nSPS) is 14.4. The highest BCUT2D eigenvalue weighted by Crippen LogP contribution is 2.34. The van der Waals surface area contributed by atoms with Crippen LogP contribution in [-0.4, -0.2) is 36.6 Å². The van der Waals surface area contributed by atoms with Gasteiger partial charge in [-0.25, -0.2) is 0 Å². The van der Waals surface area contributed by atoms with E-state index in [9.17, 15) is 10.1 Å². The van der Waals surface area contributed by atoms with Gasteiger partial charge in [0.2, 0.25) is 5.91 Å². The Bertz CT molecular complexity index is 920. The Hall–Kier alpha value is -3.04. The number of carbonyl (C=O) groups excluding carboxylic acids is 1. The first-order valence-corrected chi connectivity index (χ1v) is 10.0. The molecule has 1 aliphatic rings. The molecule has 152 valence electrons. The van der Waals surface area contributed by atoms with Crippen LogP contribution in [0.1, 0.15) is 37.5 Å². The molecule has 0 aliphatic carbocycles. The smallest absolute Gasteiger partial charge is 0.241 e. The lowest BCUT2D eigenvalue weighted by molar-refractivity contribution is -0.121. The van der Waals surface area contributed by atoms with E-state index in [2.05, 4.69) is 22.4 Å². The number of nitrogens with zero attached hydrogens (tertiary/aromatic N) is 2. The zero-order chi connectivity index (χ0) is 20.8. The number of carbonyl (C=O) groups is 1. The van der Waals surface area contributed by atoms with Gasteiger partial charge in [0, 0.05) is 13.1 Å². The Kier molecular flexibility index (Phi) is 6.73. The molecule has 0 aromatic heterocycles. The van der Waals surface area contributed by atoms with Crippen LogP contribution in [0.25, 0.3) is 0 Å². The molecule has 1 heterocycles. The fraction of sp³-hybridized carbons (Fsp3) is 0.391. The largest absolute Gasteiger partial charge is 0.490 e. The molecule has 0 radical (unpaired) electrons. The first-order chi connectivity index (χ1) is 14.1. The molecule has 2 aromatic carbocycles. The summed E-state index contributed by atoms with van der Waals surface area (Å²) >= 11 is 0. The summed E-state index contributed by atoms with van der Waals surface area (Å²) in [6.07, 6.45) is 0.841. The van der Waals surface area contributed by atoms with Crippen LogP contribution in [-0.2, 0) is 17.8 Å². The second kappa shape index (κ2) is 9.44. The van der Waals surface area contributed by atoms with Crippen LogP contribution >= 0.6 is 0 Å². The van der Waals surface area contributed by atoms with Crippen LogP contribution in [0.3, 0.4) is 0 Å². The van der Waals surface area contributed by atoms with Crippen LogP contribution in [0.5, 0.6) is 11.5 Å². The molecule has 1 amide bonds. The van der Waals surface area contributed by atoms with Gasteiger partial charge in [0.1, 0.15) is 6.07 Å². The quantitative estimate of drug-likeness (QED) is 0.776. The number of nitriles is 1. The molecule has 0 saturated carbocycles. The van der Waals surface area contributed by atoms with E-state index in [1.54, 1.807) is 18.2 Å². The number of fused-ring (bicyclic) bond motifs is 1. The predicted octanol–water partition coefficient (Wildman–Crippen LogP) is 3.74. The van der Waals surface area contributed by atoms with Crippen molar-refractivity contribution in [3.05, 3.63) is 53.1 Å². The molecule has 0 spiro atoms. The summed E-state index contributed by atoms with van der Waals surface area (Å²) in [6.45, 7) is 8.41. The third-order valence-corrected chi connectivity index (χ3v) is 5.14. The molecule has 1 atom stereocenters. The van der Waals surface area contributed by atoms with Crippen molar-refractivity contribution < 1.29 is 14.3 Å². The number of hydrogen-bond donors (Lipinski definition) is 1. The van der Waals surface area contributed by atoms with Crippen molar-refractivity contribution in [1.29, 1.82) is 5.26 Å². The highest BCUT2D eigenvalue weighted by atomic mass is 16.5. The van der Waals surface area contributed by atoms with Gasteiger partial charge in [-0.15, -0.1) is 0 Å². The number of hydrogen-bond acceptors (Lipinski definition) is 5. The summed E-state index contributed by atoms with van der Waals surface area (Å²) in [5.74, 6) is 1.41. The standard InChI is InChI=1S/C23H27N3O3/c1-4-28-21-12-17-10-11-26(15-19(17)13-22(21)29-5-2)16(3)23(27)25-20-9-7-6-8-18(20)14-24/h6-9,12-13,16H,4-5,10-11,15H2,1-3H3,(H,25,27)/t16-/m0/s1. The number of ether oxygens (including phenoxy) is 2. The van der Waals surface area contributed by atoms with Crippen molar-refractivity contribution in [1.82, 2.24) is 4.90 Å². The van der Waals surface area contributed by atoms with Gasteiger partial charge >= 0.3 is 0 Å². The van der Waals surface area contributed by atoms with Crippen molar-refractivity contribution in [3.63, 3.8) is 0 Å². The minimum atomic E-state index is -0.322. The van der Waals surface area contributed by atoms with Crippen LogP contribution in [0, 0.1) is 11.3 Å². The summed E-state index contributed by atoms with van der Waals surface area (Å²) in [5.41, 5.74) is 3.39. The van der Waals surface area contributed by atoms with Gasteiger partial charge in [-0.05, 0) is 62.6 Å². The summed E-state index contributed by atoms with van der Waals surface area (Å²) in [5, 5.41) is 12.1. The van der Waals surface area contributed by atoms with Crippen molar-refractivity contribution in [2.45, 2.75) is 39.8 Å². The Morgan fingerprint density at radius 1 is 1.17 bits per heavy atom. The van der Waals surface area contributed by atoms with Crippen LogP contribution in [0.15, 0.2) is 36.4 Å². The molecule has 2 aromatic rings. The van der Waals surface area contributed by atoms with Crippen LogP contribution in [0.4, 0.5) is 5.69 Å². The van der Waals surface area contributed by atoms with Crippen LogP contribution in [0.2, 0.25) is 0 Å². The molecule has 6 heteroatoms. The first-order valence-electron chi connectivity index (χ1n) is 10.0. The van der Waals surface area contributed by atoms with E-state index in [0.717, 1.165) is 30.0 Å². The molecule has 0 unspecified atom stereocenters. The van der Waals surface area contributed by atoms with Gasteiger partial charge in [-0.2, -0.15) is 5.26 Å². The molecule has 0 saturated heterocycles. The second-order valence-corrected chi connectivity index (χ2v) is 6.98. The maximum absolute atomic E-state index is 12.8. The molecule has 1 aliphatic heterocycles. The number of benzene rings is 2. The molecule has 29 heavy (non-hydrogen) atoms. The minimum absolute atomic E-state index is 0.118. The van der Waals surface area contributed by atoms with Crippen molar-refractivity contribution in [2.75, 3.05) is 25.1 Å². The van der Waals surface area contributed by atoms with Crippen LogP contribution < -0.4 is 14.8 Å². The fourth-order valence-corrected chi connectivity index (χ4v) is 3.55. The molecule has 1 N–H and O–H groups in total. The van der Waals surface area contributed by atoms with E-state index < -0.39 is 0 Å². The Labute approximate surface area is 172 Å². The first kappa shape index (κ1) is 20.7. The predicted molar refractivity (Wildman–Crippen MR) is 112 cm³/mol. The lowest BCUT2D eigenvalue weighted by Crippen LogP contribution is -2.44. The number of anilines is 1. The number of amides is 1. The lowest BCUT2D eigenvalue weighted by atomic mass is 9.97. The summed E-state index contributed by atoms with van der Waals surface area (Å²) in [6, 6.07) is 12.9. The van der Waals surface area contributed by atoms with Crippen molar-refractivity contribution in [3.8, 4) is 17.6 Å². The van der Waals surface area contributed by atoms with Gasteiger partial charge in [0.05, 0.1) is 30.5 Å². The molecular weight excluding hydrogens is 366 g/mol. The van der Waals surface area contributed by atoms with E-state index in [4.69, 9.17) is 9.47 Å². The minimum Gasteiger partial charge on any atom is -0.490 e. The summed E-state index contributed by atoms with van der Waals surface area (Å²) < 4.78 is 11.5. The highest BCUT2D eigenvalue weighted by molar-refractivity contribution is 5.95. The van der Waals surface area contributed by atoms with E-state index in [-0.39, 0.29) is 11.9 Å². The molecule has 0 bridgehead atoms. The zero-order valence-electron chi connectivity index (χ0n) is 17.2. The average Bonchev–Trinajstić information content (AvgIpc) is 2.74. The average molecular weight is 393 g/mol. The van der Waals surface area contributed by atoms with E-state index in [1.165, 1.54) is 5.56 Å². The van der Waals surface area contributed by atoms with Gasteiger partial charge in [-0.3, -0.25) is 9.69 Å². The number of para-hydroxylation sites is 1. The second-order valence-electron chi connectivity index (χ2n) is 6.98. The summed E-state index contributed by atoms with van der Waals surface area (Å²) in [7, 11) is 0. The van der Waals surface area contributed by atoms with E-state index >= 15 is 0 Å². The van der Waals surface area contributed by atoms with Crippen molar-refractivity contribution >= 4 is 11.6 Å². The van der Waals surface area contributed by atoms with E-state index in [1.807, 2.05) is 32.9 Å². The molecular formula is C23H27N3O3. The molecule has 3 rings (SSSR count). The lowest BCUT2D eigenvalue weighted by Gasteiger charge is -2.33. The van der Waals surface area contributed by atoms with E-state index in [0.29, 0.717) is 31.0 Å². The third-order valence-electron chi connectivity index (χ3n) is 5.14. The highest BCUT2D eigenvalue weighted by Gasteiger charge is 2.27. The third kappa shape index (κ3) is 4.69. The van der Waals surface area contributed by atoms with Gasteiger partial charge in [0.25, 0.3) is 0 Å². The molecule has 0 fully saturated rings. The Morgan fingerprint density at radius 3 is 2.48 bits per heavy atom.